The van der Waals surface area contributed by atoms with E-state index in [0.717, 1.165) is 0 Å². The van der Waals surface area contributed by atoms with Crippen LogP contribution in [-0.4, -0.2) is 26.2 Å². The molecule has 0 heterocycles. The summed E-state index contributed by atoms with van der Waals surface area (Å²) in [6, 6.07) is 0. The van der Waals surface area contributed by atoms with Crippen LogP contribution in [0.5, 0.6) is 0 Å². The van der Waals surface area contributed by atoms with Gasteiger partial charge in [0, 0.05) is 15.9 Å². The van der Waals surface area contributed by atoms with Crippen molar-refractivity contribution >= 4 is 28.6 Å². The lowest BCUT2D eigenvalue weighted by atomic mass is 9.78. The third kappa shape index (κ3) is 3.20. The molecule has 1 aliphatic rings. The Bertz CT molecular complexity index is 311. The zero-order valence-electron chi connectivity index (χ0n) is 10.0. The molecule has 1 aliphatic carbocycles. The molecule has 92 valence electrons. The fraction of sp³-hybridized carbons (Fsp3) is 0.750. The van der Waals surface area contributed by atoms with Crippen LogP contribution < -0.4 is 0 Å². The molecular weight excluding hydrogens is 319 g/mol. The molecule has 0 saturated heterocycles. The molecule has 0 aromatic heterocycles. The summed E-state index contributed by atoms with van der Waals surface area (Å²) in [5.41, 5.74) is -0.705. The lowest BCUT2D eigenvalue weighted by Crippen LogP contribution is -2.49. The molecule has 1 rings (SSSR count). The fourth-order valence-electron chi connectivity index (χ4n) is 1.78. The molecule has 0 aliphatic heterocycles. The number of carbonyl (C=O) groups excluding carboxylic acids is 1. The van der Waals surface area contributed by atoms with Crippen molar-refractivity contribution in [2.45, 2.75) is 55.2 Å². The van der Waals surface area contributed by atoms with Gasteiger partial charge in [0.05, 0.1) is 5.60 Å². The van der Waals surface area contributed by atoms with Crippen LogP contribution >= 0.6 is 22.6 Å². The Morgan fingerprint density at radius 1 is 1.50 bits per heavy atom. The molecular formula is C12H19IO3. The molecule has 1 saturated carbocycles. The summed E-state index contributed by atoms with van der Waals surface area (Å²) in [7, 11) is 0. The van der Waals surface area contributed by atoms with Gasteiger partial charge in [-0.05, 0) is 33.6 Å². The van der Waals surface area contributed by atoms with E-state index in [0.29, 0.717) is 24.8 Å². The van der Waals surface area contributed by atoms with Crippen molar-refractivity contribution in [1.29, 1.82) is 0 Å². The first-order chi connectivity index (χ1) is 7.16. The molecule has 3 nitrogen and oxygen atoms in total. The van der Waals surface area contributed by atoms with Gasteiger partial charge in [0.2, 0.25) is 0 Å². The predicted octanol–water partition coefficient (Wildman–Crippen LogP) is 2.60. The van der Waals surface area contributed by atoms with Gasteiger partial charge in [-0.2, -0.15) is 0 Å². The van der Waals surface area contributed by atoms with E-state index in [1.54, 1.807) is 6.92 Å². The van der Waals surface area contributed by atoms with E-state index in [1.807, 2.05) is 13.8 Å². The van der Waals surface area contributed by atoms with Crippen LogP contribution in [0.4, 0.5) is 0 Å². The molecule has 0 bridgehead atoms. The van der Waals surface area contributed by atoms with Crippen molar-refractivity contribution < 1.29 is 14.6 Å². The SMILES string of the molecule is C=C(C)C(=O)OC1(C)CCC(C)(O)C(I)C1. The summed E-state index contributed by atoms with van der Waals surface area (Å²) in [6.45, 7) is 8.98. The Balaban J connectivity index is 2.68. The number of hydrogen-bond donors (Lipinski definition) is 1. The smallest absolute Gasteiger partial charge is 0.333 e. The maximum Gasteiger partial charge on any atom is 0.333 e. The lowest BCUT2D eigenvalue weighted by molar-refractivity contribution is -0.160. The van der Waals surface area contributed by atoms with Crippen LogP contribution in [0.2, 0.25) is 0 Å². The second kappa shape index (κ2) is 4.64. The van der Waals surface area contributed by atoms with Gasteiger partial charge in [0.25, 0.3) is 0 Å². The minimum absolute atomic E-state index is 0.0989. The normalized spacial score (nSPS) is 39.2. The Hall–Kier alpha value is -0.100. The van der Waals surface area contributed by atoms with Gasteiger partial charge in [-0.25, -0.2) is 4.79 Å². The summed E-state index contributed by atoms with van der Waals surface area (Å²) in [6.07, 6.45) is 2.03. The minimum Gasteiger partial charge on any atom is -0.456 e. The molecule has 3 atom stereocenters. The molecule has 0 amide bonds. The van der Waals surface area contributed by atoms with Gasteiger partial charge < -0.3 is 9.84 Å². The van der Waals surface area contributed by atoms with Crippen LogP contribution in [0.15, 0.2) is 12.2 Å². The zero-order chi connectivity index (χ0) is 12.6. The number of aliphatic hydroxyl groups is 1. The van der Waals surface area contributed by atoms with E-state index in [1.165, 1.54) is 0 Å². The van der Waals surface area contributed by atoms with Gasteiger partial charge >= 0.3 is 5.97 Å². The summed E-state index contributed by atoms with van der Waals surface area (Å²) in [5.74, 6) is -0.340. The van der Waals surface area contributed by atoms with Crippen molar-refractivity contribution in [2.75, 3.05) is 0 Å². The number of carbonyl (C=O) groups is 1. The number of esters is 1. The van der Waals surface area contributed by atoms with Crippen LogP contribution in [0, 0.1) is 0 Å². The summed E-state index contributed by atoms with van der Waals surface area (Å²) >= 11 is 2.23. The van der Waals surface area contributed by atoms with Gasteiger partial charge in [-0.1, -0.05) is 29.2 Å². The molecule has 1 fully saturated rings. The largest absolute Gasteiger partial charge is 0.456 e. The Labute approximate surface area is 110 Å². The van der Waals surface area contributed by atoms with Crippen LogP contribution in [-0.2, 0) is 9.53 Å². The number of alkyl halides is 1. The van der Waals surface area contributed by atoms with Crippen molar-refractivity contribution in [3.63, 3.8) is 0 Å². The standard InChI is InChI=1S/C12H19IO3/c1-8(2)10(14)16-11(3)5-6-12(4,15)9(13)7-11/h9,15H,1,5-7H2,2-4H3. The fourth-order valence-corrected chi connectivity index (χ4v) is 3.02. The number of hydrogen-bond acceptors (Lipinski definition) is 3. The highest BCUT2D eigenvalue weighted by Crippen LogP contribution is 2.41. The summed E-state index contributed by atoms with van der Waals surface area (Å²) < 4.78 is 5.55. The van der Waals surface area contributed by atoms with E-state index in [4.69, 9.17) is 4.74 Å². The van der Waals surface area contributed by atoms with E-state index in [2.05, 4.69) is 29.2 Å². The topological polar surface area (TPSA) is 46.5 Å². The monoisotopic (exact) mass is 338 g/mol. The molecule has 0 aromatic rings. The average molecular weight is 338 g/mol. The highest BCUT2D eigenvalue weighted by molar-refractivity contribution is 14.1. The number of ether oxygens (including phenoxy) is 1. The van der Waals surface area contributed by atoms with Crippen molar-refractivity contribution in [1.82, 2.24) is 0 Å². The van der Waals surface area contributed by atoms with E-state index < -0.39 is 11.2 Å². The van der Waals surface area contributed by atoms with Gasteiger partial charge in [-0.3, -0.25) is 0 Å². The number of halogens is 1. The first-order valence-corrected chi connectivity index (χ1v) is 6.66. The van der Waals surface area contributed by atoms with E-state index in [9.17, 15) is 9.90 Å². The van der Waals surface area contributed by atoms with Crippen LogP contribution in [0.1, 0.15) is 40.0 Å². The predicted molar refractivity (Wildman–Crippen MR) is 71.6 cm³/mol. The Kier molecular flexibility index (Phi) is 4.05. The maximum absolute atomic E-state index is 11.5. The van der Waals surface area contributed by atoms with Crippen molar-refractivity contribution in [3.8, 4) is 0 Å². The maximum atomic E-state index is 11.5. The first-order valence-electron chi connectivity index (χ1n) is 5.42. The van der Waals surface area contributed by atoms with Gasteiger partial charge in [-0.15, -0.1) is 0 Å². The molecule has 3 unspecified atom stereocenters. The number of rotatable bonds is 2. The van der Waals surface area contributed by atoms with E-state index in [-0.39, 0.29) is 9.89 Å². The van der Waals surface area contributed by atoms with Gasteiger partial charge in [0.15, 0.2) is 0 Å². The third-order valence-electron chi connectivity index (χ3n) is 3.13. The second-order valence-electron chi connectivity index (χ2n) is 5.15. The third-order valence-corrected chi connectivity index (χ3v) is 4.92. The molecule has 1 N–H and O–H groups in total. The molecule has 0 spiro atoms. The molecule has 0 radical (unpaired) electrons. The quantitative estimate of drug-likeness (QED) is 0.364. The minimum atomic E-state index is -0.657. The summed E-state index contributed by atoms with van der Waals surface area (Å²) in [5, 5.41) is 10.1. The van der Waals surface area contributed by atoms with Gasteiger partial charge in [0.1, 0.15) is 5.60 Å². The highest BCUT2D eigenvalue weighted by atomic mass is 127. The highest BCUT2D eigenvalue weighted by Gasteiger charge is 2.44. The lowest BCUT2D eigenvalue weighted by Gasteiger charge is -2.43. The molecule has 0 aromatic carbocycles. The second-order valence-corrected chi connectivity index (χ2v) is 6.65. The molecule has 4 heteroatoms. The van der Waals surface area contributed by atoms with E-state index >= 15 is 0 Å². The van der Waals surface area contributed by atoms with Crippen molar-refractivity contribution in [3.05, 3.63) is 12.2 Å². The average Bonchev–Trinajstić information content (AvgIpc) is 2.13. The van der Waals surface area contributed by atoms with Crippen LogP contribution in [0.3, 0.4) is 0 Å². The zero-order valence-corrected chi connectivity index (χ0v) is 12.2. The molecule has 16 heavy (non-hydrogen) atoms. The first kappa shape index (κ1) is 14.0. The Morgan fingerprint density at radius 2 is 2.06 bits per heavy atom. The van der Waals surface area contributed by atoms with Crippen molar-refractivity contribution in [2.24, 2.45) is 0 Å². The summed E-state index contributed by atoms with van der Waals surface area (Å²) in [4.78, 5) is 11.5. The van der Waals surface area contributed by atoms with Crippen LogP contribution in [0.25, 0.3) is 0 Å². The Morgan fingerprint density at radius 3 is 2.50 bits per heavy atom.